The summed E-state index contributed by atoms with van der Waals surface area (Å²) in [6, 6.07) is 3.49. The number of nitrogens with one attached hydrogen (secondary N) is 2. The summed E-state index contributed by atoms with van der Waals surface area (Å²) in [7, 11) is 0. The van der Waals surface area contributed by atoms with Gasteiger partial charge in [-0.15, -0.1) is 11.3 Å². The number of H-pyrrole nitrogens is 1. The Kier molecular flexibility index (Phi) is 4.65. The van der Waals surface area contributed by atoms with Crippen LogP contribution in [0.5, 0.6) is 0 Å². The maximum atomic E-state index is 12.7. The molecule has 2 aromatic rings. The standard InChI is InChI=1S/C15H20N4O2S2/c1-10(13(20)16-15(2)5-7-21-8-6-15)19-12(17-18-14(19)22)11-4-3-9-23-11/h3-4,9-10H,5-8H2,1-2H3,(H,16,20)(H,18,22). The van der Waals surface area contributed by atoms with Gasteiger partial charge in [0.2, 0.25) is 5.91 Å². The molecule has 0 radical (unpaired) electrons. The second kappa shape index (κ2) is 6.54. The zero-order valence-electron chi connectivity index (χ0n) is 13.2. The number of carbonyl (C=O) groups is 1. The molecule has 3 rings (SSSR count). The van der Waals surface area contributed by atoms with Gasteiger partial charge in [-0.25, -0.2) is 0 Å². The van der Waals surface area contributed by atoms with Gasteiger partial charge in [0.25, 0.3) is 0 Å². The molecule has 0 bridgehead atoms. The van der Waals surface area contributed by atoms with Gasteiger partial charge in [0.1, 0.15) is 6.04 Å². The highest BCUT2D eigenvalue weighted by Gasteiger charge is 2.31. The van der Waals surface area contributed by atoms with Gasteiger partial charge in [0.05, 0.1) is 4.88 Å². The zero-order valence-corrected chi connectivity index (χ0v) is 14.8. The largest absolute Gasteiger partial charge is 0.381 e. The predicted octanol–water partition coefficient (Wildman–Crippen LogP) is 2.92. The van der Waals surface area contributed by atoms with Crippen LogP contribution in [-0.2, 0) is 9.53 Å². The fourth-order valence-electron chi connectivity index (χ4n) is 2.71. The summed E-state index contributed by atoms with van der Waals surface area (Å²) in [6.45, 7) is 5.27. The van der Waals surface area contributed by atoms with Crippen LogP contribution in [0.25, 0.3) is 10.7 Å². The van der Waals surface area contributed by atoms with Crippen molar-refractivity contribution >= 4 is 29.5 Å². The Labute approximate surface area is 143 Å². The second-order valence-electron chi connectivity index (χ2n) is 6.04. The van der Waals surface area contributed by atoms with Crippen LogP contribution in [0, 0.1) is 4.77 Å². The topological polar surface area (TPSA) is 71.9 Å². The van der Waals surface area contributed by atoms with Gasteiger partial charge < -0.3 is 10.1 Å². The number of nitrogens with zero attached hydrogens (tertiary/aromatic N) is 2. The molecule has 1 aliphatic rings. The van der Waals surface area contributed by atoms with Crippen LogP contribution in [0.2, 0.25) is 0 Å². The molecular weight excluding hydrogens is 332 g/mol. The third kappa shape index (κ3) is 3.39. The number of hydrogen-bond donors (Lipinski definition) is 2. The van der Waals surface area contributed by atoms with E-state index in [2.05, 4.69) is 22.4 Å². The first kappa shape index (κ1) is 16.4. The average molecular weight is 352 g/mol. The summed E-state index contributed by atoms with van der Waals surface area (Å²) < 4.78 is 7.61. The minimum atomic E-state index is -0.432. The monoisotopic (exact) mass is 352 g/mol. The van der Waals surface area contributed by atoms with E-state index in [4.69, 9.17) is 17.0 Å². The molecule has 2 aromatic heterocycles. The first-order chi connectivity index (χ1) is 11.0. The Balaban J connectivity index is 1.83. The van der Waals surface area contributed by atoms with Crippen molar-refractivity contribution in [1.29, 1.82) is 0 Å². The van der Waals surface area contributed by atoms with Gasteiger partial charge in [-0.3, -0.25) is 14.5 Å². The Bertz CT molecular complexity index is 729. The Morgan fingerprint density at radius 3 is 2.96 bits per heavy atom. The summed E-state index contributed by atoms with van der Waals surface area (Å²) in [5.41, 5.74) is -0.224. The van der Waals surface area contributed by atoms with Gasteiger partial charge in [-0.1, -0.05) is 6.07 Å². The molecule has 2 N–H and O–H groups in total. The lowest BCUT2D eigenvalue weighted by Gasteiger charge is -2.35. The quantitative estimate of drug-likeness (QED) is 0.830. The molecule has 0 aromatic carbocycles. The first-order valence-corrected chi connectivity index (χ1v) is 8.89. The van der Waals surface area contributed by atoms with Crippen molar-refractivity contribution < 1.29 is 9.53 Å². The predicted molar refractivity (Wildman–Crippen MR) is 92.0 cm³/mol. The Hall–Kier alpha value is -1.51. The van der Waals surface area contributed by atoms with Crippen molar-refractivity contribution in [1.82, 2.24) is 20.1 Å². The lowest BCUT2D eigenvalue weighted by Crippen LogP contribution is -2.51. The molecule has 1 saturated heterocycles. The van der Waals surface area contributed by atoms with Crippen molar-refractivity contribution in [2.75, 3.05) is 13.2 Å². The lowest BCUT2D eigenvalue weighted by molar-refractivity contribution is -0.126. The second-order valence-corrected chi connectivity index (χ2v) is 7.37. The molecule has 3 heterocycles. The number of carbonyl (C=O) groups excluding carboxylic acids is 1. The highest BCUT2D eigenvalue weighted by Crippen LogP contribution is 2.26. The van der Waals surface area contributed by atoms with Crippen LogP contribution in [0.15, 0.2) is 17.5 Å². The molecule has 1 aliphatic heterocycles. The normalized spacial score (nSPS) is 18.5. The molecule has 0 aliphatic carbocycles. The minimum Gasteiger partial charge on any atom is -0.381 e. The number of aromatic amines is 1. The van der Waals surface area contributed by atoms with E-state index in [1.54, 1.807) is 15.9 Å². The van der Waals surface area contributed by atoms with E-state index >= 15 is 0 Å². The first-order valence-electron chi connectivity index (χ1n) is 7.61. The van der Waals surface area contributed by atoms with Crippen LogP contribution in [0.1, 0.15) is 32.7 Å². The highest BCUT2D eigenvalue weighted by atomic mass is 32.1. The summed E-state index contributed by atoms with van der Waals surface area (Å²) in [5, 5.41) is 12.2. The Morgan fingerprint density at radius 1 is 1.57 bits per heavy atom. The number of hydrogen-bond acceptors (Lipinski definition) is 5. The van der Waals surface area contributed by atoms with Crippen LogP contribution in [0.4, 0.5) is 0 Å². The molecular formula is C15H20N4O2S2. The van der Waals surface area contributed by atoms with Crippen LogP contribution >= 0.6 is 23.6 Å². The smallest absolute Gasteiger partial charge is 0.243 e. The summed E-state index contributed by atoms with van der Waals surface area (Å²) in [4.78, 5) is 13.7. The van der Waals surface area contributed by atoms with Gasteiger partial charge >= 0.3 is 0 Å². The molecule has 8 heteroatoms. The molecule has 0 saturated carbocycles. The van der Waals surface area contributed by atoms with Crippen LogP contribution in [-0.4, -0.2) is 39.4 Å². The molecule has 0 spiro atoms. The van der Waals surface area contributed by atoms with Crippen molar-refractivity contribution in [3.63, 3.8) is 0 Å². The maximum absolute atomic E-state index is 12.7. The summed E-state index contributed by atoms with van der Waals surface area (Å²) in [6.07, 6.45) is 1.64. The molecule has 6 nitrogen and oxygen atoms in total. The fraction of sp³-hybridized carbons (Fsp3) is 0.533. The number of rotatable bonds is 4. The van der Waals surface area contributed by atoms with Crippen LogP contribution < -0.4 is 5.32 Å². The van der Waals surface area contributed by atoms with Gasteiger partial charge in [-0.2, -0.15) is 5.10 Å². The minimum absolute atomic E-state index is 0.0512. The van der Waals surface area contributed by atoms with E-state index in [0.717, 1.165) is 17.7 Å². The molecule has 1 unspecified atom stereocenters. The van der Waals surface area contributed by atoms with Gasteiger partial charge in [-0.05, 0) is 50.4 Å². The van der Waals surface area contributed by atoms with Crippen molar-refractivity contribution in [3.8, 4) is 10.7 Å². The number of ether oxygens (including phenoxy) is 1. The fourth-order valence-corrected chi connectivity index (χ4v) is 3.71. The van der Waals surface area contributed by atoms with Gasteiger partial charge in [0.15, 0.2) is 10.6 Å². The van der Waals surface area contributed by atoms with Crippen molar-refractivity contribution in [3.05, 3.63) is 22.3 Å². The van der Waals surface area contributed by atoms with E-state index in [1.165, 1.54) is 0 Å². The molecule has 23 heavy (non-hydrogen) atoms. The summed E-state index contributed by atoms with van der Waals surface area (Å²) in [5.74, 6) is 0.648. The maximum Gasteiger partial charge on any atom is 0.243 e. The highest BCUT2D eigenvalue weighted by molar-refractivity contribution is 7.71. The summed E-state index contributed by atoms with van der Waals surface area (Å²) >= 11 is 6.89. The third-order valence-electron chi connectivity index (χ3n) is 4.23. The van der Waals surface area contributed by atoms with E-state index in [1.807, 2.05) is 24.4 Å². The lowest BCUT2D eigenvalue weighted by atomic mass is 9.92. The van der Waals surface area contributed by atoms with Crippen molar-refractivity contribution in [2.45, 2.75) is 38.3 Å². The molecule has 124 valence electrons. The van der Waals surface area contributed by atoms with E-state index in [9.17, 15) is 4.79 Å². The van der Waals surface area contributed by atoms with E-state index < -0.39 is 6.04 Å². The van der Waals surface area contributed by atoms with Crippen molar-refractivity contribution in [2.24, 2.45) is 0 Å². The zero-order chi connectivity index (χ0) is 16.4. The number of amides is 1. The van der Waals surface area contributed by atoms with Crippen LogP contribution in [0.3, 0.4) is 0 Å². The number of thiophene rings is 1. The molecule has 1 atom stereocenters. The molecule has 1 fully saturated rings. The SMILES string of the molecule is CC(C(=O)NC1(C)CCOCC1)n1c(-c2cccs2)n[nH]c1=S. The van der Waals surface area contributed by atoms with E-state index in [0.29, 0.717) is 23.8 Å². The average Bonchev–Trinajstić information content (AvgIpc) is 3.16. The van der Waals surface area contributed by atoms with E-state index in [-0.39, 0.29) is 11.4 Å². The molecule has 1 amide bonds. The Morgan fingerprint density at radius 2 is 2.30 bits per heavy atom. The number of aromatic nitrogens is 3. The van der Waals surface area contributed by atoms with Gasteiger partial charge in [0, 0.05) is 18.8 Å². The third-order valence-corrected chi connectivity index (χ3v) is 5.39.